The van der Waals surface area contributed by atoms with Gasteiger partial charge in [-0.3, -0.25) is 4.79 Å². The van der Waals surface area contributed by atoms with Gasteiger partial charge in [0.1, 0.15) is 0 Å². The van der Waals surface area contributed by atoms with Crippen LogP contribution in [0.25, 0.3) is 0 Å². The molecule has 0 spiro atoms. The van der Waals surface area contributed by atoms with E-state index in [1.807, 2.05) is 6.92 Å². The summed E-state index contributed by atoms with van der Waals surface area (Å²) in [6.07, 6.45) is 4.09. The molecule has 1 N–H and O–H groups in total. The third-order valence-electron chi connectivity index (χ3n) is 1.36. The minimum absolute atomic E-state index is 0.313. The molecule has 0 atom stereocenters. The van der Waals surface area contributed by atoms with Crippen LogP contribution in [0.3, 0.4) is 0 Å². The van der Waals surface area contributed by atoms with E-state index in [0.29, 0.717) is 6.61 Å². The first-order valence-electron chi connectivity index (χ1n) is 4.27. The lowest BCUT2D eigenvalue weighted by atomic mass is 10.4. The molecule has 74 valence electrons. The number of ether oxygens (including phenoxy) is 1. The van der Waals surface area contributed by atoms with Gasteiger partial charge in [-0.25, -0.2) is 4.79 Å². The van der Waals surface area contributed by atoms with Crippen molar-refractivity contribution in [3.63, 3.8) is 0 Å². The van der Waals surface area contributed by atoms with Crippen LogP contribution >= 0.6 is 0 Å². The van der Waals surface area contributed by atoms with Gasteiger partial charge in [0.05, 0.1) is 6.61 Å². The molecule has 0 unspecified atom stereocenters. The summed E-state index contributed by atoms with van der Waals surface area (Å²) >= 11 is 0. The van der Waals surface area contributed by atoms with Crippen LogP contribution in [0.1, 0.15) is 19.8 Å². The van der Waals surface area contributed by atoms with Gasteiger partial charge in [0.25, 0.3) is 0 Å². The standard InChI is InChI=1S/C9H15NO3/c1-3-4-7-13-9(12)6-5-8(11)10-2/h5-6H,3-4,7H2,1-2H3,(H,10,11)/b6-5-. The molecule has 0 saturated carbocycles. The van der Waals surface area contributed by atoms with E-state index >= 15 is 0 Å². The number of nitrogens with one attached hydrogen (secondary N) is 1. The maximum Gasteiger partial charge on any atom is 0.330 e. The van der Waals surface area contributed by atoms with Crippen LogP contribution in [-0.4, -0.2) is 25.5 Å². The number of esters is 1. The highest BCUT2D eigenvalue weighted by Crippen LogP contribution is 1.89. The molecule has 0 aliphatic heterocycles. The third kappa shape index (κ3) is 7.05. The summed E-state index contributed by atoms with van der Waals surface area (Å²) in [5, 5.41) is 2.35. The maximum atomic E-state index is 10.8. The fraction of sp³-hybridized carbons (Fsp3) is 0.556. The lowest BCUT2D eigenvalue weighted by Crippen LogP contribution is -2.15. The SMILES string of the molecule is CCCCOC(=O)/C=C\C(=O)NC. The van der Waals surface area contributed by atoms with Crippen LogP contribution in [0.4, 0.5) is 0 Å². The molecule has 13 heavy (non-hydrogen) atoms. The van der Waals surface area contributed by atoms with E-state index in [2.05, 4.69) is 5.32 Å². The van der Waals surface area contributed by atoms with Crippen molar-refractivity contribution in [2.75, 3.05) is 13.7 Å². The van der Waals surface area contributed by atoms with Gasteiger partial charge in [0.15, 0.2) is 0 Å². The molecule has 0 fully saturated rings. The molecule has 0 aliphatic rings. The second kappa shape index (κ2) is 7.34. The molecule has 0 saturated heterocycles. The van der Waals surface area contributed by atoms with E-state index < -0.39 is 5.97 Å². The number of rotatable bonds is 5. The first-order chi connectivity index (χ1) is 6.20. The van der Waals surface area contributed by atoms with Crippen molar-refractivity contribution in [2.24, 2.45) is 0 Å². The van der Waals surface area contributed by atoms with Crippen LogP contribution in [0, 0.1) is 0 Å². The predicted molar refractivity (Wildman–Crippen MR) is 49.1 cm³/mol. The third-order valence-corrected chi connectivity index (χ3v) is 1.36. The van der Waals surface area contributed by atoms with Crippen molar-refractivity contribution >= 4 is 11.9 Å². The van der Waals surface area contributed by atoms with Crippen LogP contribution < -0.4 is 5.32 Å². The Morgan fingerprint density at radius 3 is 2.62 bits per heavy atom. The second-order valence-electron chi connectivity index (χ2n) is 2.47. The maximum absolute atomic E-state index is 10.8. The first-order valence-corrected chi connectivity index (χ1v) is 4.27. The number of likely N-dealkylation sites (N-methyl/N-ethyl adjacent to an activating group) is 1. The Morgan fingerprint density at radius 1 is 1.38 bits per heavy atom. The zero-order valence-electron chi connectivity index (χ0n) is 8.00. The summed E-state index contributed by atoms with van der Waals surface area (Å²) in [6.45, 7) is 2.42. The van der Waals surface area contributed by atoms with Gasteiger partial charge in [-0.15, -0.1) is 0 Å². The molecule has 0 aromatic rings. The fourth-order valence-corrected chi connectivity index (χ4v) is 0.592. The Kier molecular flexibility index (Phi) is 6.59. The predicted octanol–water partition coefficient (Wildman–Crippen LogP) is 0.632. The normalized spacial score (nSPS) is 10.0. The van der Waals surface area contributed by atoms with Gasteiger partial charge in [0.2, 0.25) is 5.91 Å². The van der Waals surface area contributed by atoms with Gasteiger partial charge < -0.3 is 10.1 Å². The molecule has 0 aromatic heterocycles. The summed E-state index contributed by atoms with van der Waals surface area (Å²) in [6, 6.07) is 0. The van der Waals surface area contributed by atoms with Crippen LogP contribution in [0.5, 0.6) is 0 Å². The highest BCUT2D eigenvalue weighted by Gasteiger charge is 1.96. The zero-order valence-corrected chi connectivity index (χ0v) is 8.00. The number of unbranched alkanes of at least 4 members (excludes halogenated alkanes) is 1. The Morgan fingerprint density at radius 2 is 2.08 bits per heavy atom. The number of amides is 1. The lowest BCUT2D eigenvalue weighted by Gasteiger charge is -1.98. The second-order valence-corrected chi connectivity index (χ2v) is 2.47. The first kappa shape index (κ1) is 11.7. The minimum atomic E-state index is -0.475. The molecule has 0 bridgehead atoms. The number of carbonyl (C=O) groups is 2. The summed E-state index contributed by atoms with van der Waals surface area (Å²) < 4.78 is 4.77. The van der Waals surface area contributed by atoms with Gasteiger partial charge in [0, 0.05) is 19.2 Å². The van der Waals surface area contributed by atoms with Crippen molar-refractivity contribution in [3.8, 4) is 0 Å². The summed E-state index contributed by atoms with van der Waals surface area (Å²) in [5.41, 5.74) is 0. The number of carbonyl (C=O) groups excluding carboxylic acids is 2. The Bertz CT molecular complexity index is 199. The molecule has 4 nitrogen and oxygen atoms in total. The highest BCUT2D eigenvalue weighted by molar-refractivity contribution is 5.94. The average molecular weight is 185 g/mol. The number of hydrogen-bond donors (Lipinski definition) is 1. The average Bonchev–Trinajstić information content (AvgIpc) is 2.14. The zero-order chi connectivity index (χ0) is 10.1. The van der Waals surface area contributed by atoms with Crippen LogP contribution in [0.15, 0.2) is 12.2 Å². The minimum Gasteiger partial charge on any atom is -0.463 e. The molecule has 0 aliphatic carbocycles. The van der Waals surface area contributed by atoms with E-state index in [9.17, 15) is 9.59 Å². The molecular formula is C9H15NO3. The van der Waals surface area contributed by atoms with E-state index in [-0.39, 0.29) is 5.91 Å². The highest BCUT2D eigenvalue weighted by atomic mass is 16.5. The molecular weight excluding hydrogens is 170 g/mol. The van der Waals surface area contributed by atoms with Gasteiger partial charge in [-0.05, 0) is 6.42 Å². The molecule has 0 radical (unpaired) electrons. The topological polar surface area (TPSA) is 55.4 Å². The summed E-state index contributed by atoms with van der Waals surface area (Å²) in [7, 11) is 1.50. The van der Waals surface area contributed by atoms with Crippen molar-refractivity contribution < 1.29 is 14.3 Å². The van der Waals surface area contributed by atoms with Crippen molar-refractivity contribution in [1.82, 2.24) is 5.32 Å². The van der Waals surface area contributed by atoms with E-state index in [1.54, 1.807) is 0 Å². The van der Waals surface area contributed by atoms with Gasteiger partial charge in [-0.1, -0.05) is 13.3 Å². The van der Waals surface area contributed by atoms with Crippen molar-refractivity contribution in [1.29, 1.82) is 0 Å². The summed E-state index contributed by atoms with van der Waals surface area (Å²) in [4.78, 5) is 21.5. The number of hydrogen-bond acceptors (Lipinski definition) is 3. The molecule has 0 rings (SSSR count). The van der Waals surface area contributed by atoms with Crippen molar-refractivity contribution in [2.45, 2.75) is 19.8 Å². The van der Waals surface area contributed by atoms with E-state index in [4.69, 9.17) is 4.74 Å². The van der Waals surface area contributed by atoms with Gasteiger partial charge >= 0.3 is 5.97 Å². The summed E-state index contributed by atoms with van der Waals surface area (Å²) in [5.74, 6) is -0.788. The molecule has 4 heteroatoms. The Hall–Kier alpha value is -1.32. The van der Waals surface area contributed by atoms with Crippen molar-refractivity contribution in [3.05, 3.63) is 12.2 Å². The Balaban J connectivity index is 3.61. The largest absolute Gasteiger partial charge is 0.463 e. The smallest absolute Gasteiger partial charge is 0.330 e. The molecule has 0 aromatic carbocycles. The molecule has 1 amide bonds. The Labute approximate surface area is 78.0 Å². The van der Waals surface area contributed by atoms with Crippen LogP contribution in [-0.2, 0) is 14.3 Å². The quantitative estimate of drug-likeness (QED) is 0.388. The van der Waals surface area contributed by atoms with Crippen LogP contribution in [0.2, 0.25) is 0 Å². The fourth-order valence-electron chi connectivity index (χ4n) is 0.592. The van der Waals surface area contributed by atoms with E-state index in [1.165, 1.54) is 7.05 Å². The molecule has 0 heterocycles. The van der Waals surface area contributed by atoms with Gasteiger partial charge in [-0.2, -0.15) is 0 Å². The van der Waals surface area contributed by atoms with E-state index in [0.717, 1.165) is 25.0 Å². The monoisotopic (exact) mass is 185 g/mol. The lowest BCUT2D eigenvalue weighted by molar-refractivity contribution is -0.138.